The maximum atomic E-state index is 12.3. The van der Waals surface area contributed by atoms with Crippen molar-refractivity contribution < 1.29 is 21.6 Å². The van der Waals surface area contributed by atoms with E-state index in [2.05, 4.69) is 0 Å². The van der Waals surface area contributed by atoms with Gasteiger partial charge in [0.15, 0.2) is 0 Å². The molecule has 8 heteroatoms. The summed E-state index contributed by atoms with van der Waals surface area (Å²) in [7, 11) is -4.11. The van der Waals surface area contributed by atoms with Crippen molar-refractivity contribution in [1.82, 2.24) is 4.31 Å². The van der Waals surface area contributed by atoms with Crippen molar-refractivity contribution in [2.24, 2.45) is 0 Å². The Bertz CT molecular complexity index is 476. The summed E-state index contributed by atoms with van der Waals surface area (Å²) >= 11 is 5.19. The summed E-state index contributed by atoms with van der Waals surface area (Å²) in [5.41, 5.74) is 0.468. The fraction of sp³-hybridized carbons (Fsp3) is 0.400. The molecule has 18 heavy (non-hydrogen) atoms. The first kappa shape index (κ1) is 15.3. The van der Waals surface area contributed by atoms with Crippen LogP contribution in [0.15, 0.2) is 30.3 Å². The number of hydrogen-bond acceptors (Lipinski definition) is 2. The number of hydrogen-bond donors (Lipinski definition) is 0. The summed E-state index contributed by atoms with van der Waals surface area (Å²) in [6.07, 6.45) is -4.60. The molecule has 0 N–H and O–H groups in total. The van der Waals surface area contributed by atoms with Gasteiger partial charge in [0.25, 0.3) is 0 Å². The van der Waals surface area contributed by atoms with Crippen molar-refractivity contribution in [3.05, 3.63) is 35.9 Å². The van der Waals surface area contributed by atoms with E-state index in [0.717, 1.165) is 0 Å². The quantitative estimate of drug-likeness (QED) is 0.784. The molecule has 1 rings (SSSR count). The van der Waals surface area contributed by atoms with E-state index >= 15 is 0 Å². The van der Waals surface area contributed by atoms with E-state index in [4.69, 9.17) is 11.6 Å². The topological polar surface area (TPSA) is 37.4 Å². The van der Waals surface area contributed by atoms with Crippen LogP contribution in [0.2, 0.25) is 0 Å². The zero-order chi connectivity index (χ0) is 13.8. The molecule has 0 radical (unpaired) electrons. The van der Waals surface area contributed by atoms with Crippen LogP contribution in [-0.2, 0) is 16.6 Å². The highest BCUT2D eigenvalue weighted by molar-refractivity contribution is 7.90. The van der Waals surface area contributed by atoms with Gasteiger partial charge in [0.2, 0.25) is 10.0 Å². The van der Waals surface area contributed by atoms with E-state index in [9.17, 15) is 21.6 Å². The fourth-order valence-corrected chi connectivity index (χ4v) is 2.55. The predicted molar refractivity (Wildman–Crippen MR) is 62.5 cm³/mol. The summed E-state index contributed by atoms with van der Waals surface area (Å²) < 4.78 is 60.3. The normalized spacial score (nSPS) is 12.9. The summed E-state index contributed by atoms with van der Waals surface area (Å²) in [5.74, 6) is 0. The number of sulfonamides is 1. The minimum atomic E-state index is -4.60. The molecule has 0 aliphatic carbocycles. The lowest BCUT2D eigenvalue weighted by Gasteiger charge is -2.22. The van der Waals surface area contributed by atoms with Crippen LogP contribution in [0.1, 0.15) is 5.56 Å². The van der Waals surface area contributed by atoms with Gasteiger partial charge in [0, 0.05) is 6.54 Å². The molecule has 1 aromatic carbocycles. The lowest BCUT2D eigenvalue weighted by atomic mass is 10.2. The smallest absolute Gasteiger partial charge is 0.211 e. The number of rotatable bonds is 5. The molecule has 0 saturated carbocycles. The Labute approximate surface area is 108 Å². The van der Waals surface area contributed by atoms with Crippen LogP contribution in [0.5, 0.6) is 0 Å². The zero-order valence-corrected chi connectivity index (χ0v) is 10.8. The zero-order valence-electron chi connectivity index (χ0n) is 9.19. The SMILES string of the molecule is O=S(=O)(CCl)N(Cc1ccccc1)CC(F)(F)F. The average molecular weight is 302 g/mol. The number of alkyl halides is 4. The van der Waals surface area contributed by atoms with E-state index in [1.807, 2.05) is 0 Å². The van der Waals surface area contributed by atoms with E-state index in [1.54, 1.807) is 30.3 Å². The van der Waals surface area contributed by atoms with Gasteiger partial charge in [-0.05, 0) is 5.56 Å². The number of benzene rings is 1. The number of nitrogens with zero attached hydrogens (tertiary/aromatic N) is 1. The van der Waals surface area contributed by atoms with Crippen molar-refractivity contribution in [3.63, 3.8) is 0 Å². The summed E-state index contributed by atoms with van der Waals surface area (Å²) in [6, 6.07) is 8.02. The summed E-state index contributed by atoms with van der Waals surface area (Å²) in [5, 5.41) is -0.879. The predicted octanol–water partition coefficient (Wildman–Crippen LogP) is 2.58. The standard InChI is InChI=1S/C10H11ClF3NO2S/c11-8-18(16,17)15(7-10(12,13)14)6-9-4-2-1-3-5-9/h1-5H,6-8H2. The first-order chi connectivity index (χ1) is 8.24. The van der Waals surface area contributed by atoms with Crippen LogP contribution in [0.4, 0.5) is 13.2 Å². The molecule has 0 heterocycles. The molecule has 1 aromatic rings. The minimum absolute atomic E-state index is 0.329. The van der Waals surface area contributed by atoms with Gasteiger partial charge in [-0.2, -0.15) is 17.5 Å². The van der Waals surface area contributed by atoms with Gasteiger partial charge < -0.3 is 0 Å². The van der Waals surface area contributed by atoms with Gasteiger partial charge >= 0.3 is 6.18 Å². The molecule has 0 saturated heterocycles. The lowest BCUT2D eigenvalue weighted by molar-refractivity contribution is -0.136. The van der Waals surface area contributed by atoms with Gasteiger partial charge in [0.1, 0.15) is 11.8 Å². The largest absolute Gasteiger partial charge is 0.402 e. The molecule has 102 valence electrons. The molecule has 0 atom stereocenters. The molecule has 0 spiro atoms. The Hall–Kier alpha value is -0.790. The van der Waals surface area contributed by atoms with Crippen LogP contribution in [0.25, 0.3) is 0 Å². The second-order valence-corrected chi connectivity index (χ2v) is 6.14. The molecule has 3 nitrogen and oxygen atoms in total. The second kappa shape index (κ2) is 5.90. The highest BCUT2D eigenvalue weighted by Crippen LogP contribution is 2.21. The molecular formula is C10H11ClF3NO2S. The first-order valence-corrected chi connectivity index (χ1v) is 7.03. The van der Waals surface area contributed by atoms with Gasteiger partial charge in [-0.1, -0.05) is 30.3 Å². The van der Waals surface area contributed by atoms with E-state index in [1.165, 1.54) is 0 Å². The van der Waals surface area contributed by atoms with Crippen molar-refractivity contribution in [2.75, 3.05) is 11.8 Å². The van der Waals surface area contributed by atoms with E-state index in [0.29, 0.717) is 9.87 Å². The highest BCUT2D eigenvalue weighted by Gasteiger charge is 2.35. The molecule has 0 aliphatic heterocycles. The van der Waals surface area contributed by atoms with Gasteiger partial charge in [-0.25, -0.2) is 8.42 Å². The fourth-order valence-electron chi connectivity index (χ4n) is 1.31. The third kappa shape index (κ3) is 4.83. The Kier molecular flexibility index (Phi) is 5.01. The van der Waals surface area contributed by atoms with Gasteiger partial charge in [-0.3, -0.25) is 0 Å². The Morgan fingerprint density at radius 1 is 1.17 bits per heavy atom. The molecule has 0 unspecified atom stereocenters. The Balaban J connectivity index is 2.92. The summed E-state index contributed by atoms with van der Waals surface area (Å²) in [4.78, 5) is 0. The minimum Gasteiger partial charge on any atom is -0.211 e. The van der Waals surface area contributed by atoms with Crippen molar-refractivity contribution in [3.8, 4) is 0 Å². The van der Waals surface area contributed by atoms with Crippen LogP contribution < -0.4 is 0 Å². The number of halogens is 4. The Morgan fingerprint density at radius 2 is 1.72 bits per heavy atom. The van der Waals surface area contributed by atoms with Crippen molar-refractivity contribution >= 4 is 21.6 Å². The molecule has 0 aliphatic rings. The van der Waals surface area contributed by atoms with E-state index in [-0.39, 0.29) is 6.54 Å². The second-order valence-electron chi connectivity index (χ2n) is 3.59. The maximum absolute atomic E-state index is 12.3. The van der Waals surface area contributed by atoms with Crippen molar-refractivity contribution in [2.45, 2.75) is 12.7 Å². The first-order valence-electron chi connectivity index (χ1n) is 4.89. The van der Waals surface area contributed by atoms with Gasteiger partial charge in [-0.15, -0.1) is 11.6 Å². The van der Waals surface area contributed by atoms with Crippen LogP contribution in [-0.4, -0.2) is 30.7 Å². The summed E-state index contributed by atoms with van der Waals surface area (Å²) in [6.45, 7) is -1.90. The van der Waals surface area contributed by atoms with Crippen LogP contribution in [0.3, 0.4) is 0 Å². The molecule has 0 bridgehead atoms. The Morgan fingerprint density at radius 3 is 2.17 bits per heavy atom. The van der Waals surface area contributed by atoms with Crippen LogP contribution in [0, 0.1) is 0 Å². The van der Waals surface area contributed by atoms with E-state index < -0.39 is 28.0 Å². The third-order valence-corrected chi connectivity index (χ3v) is 4.24. The monoisotopic (exact) mass is 301 g/mol. The average Bonchev–Trinajstić information content (AvgIpc) is 2.28. The molecule has 0 fully saturated rings. The van der Waals surface area contributed by atoms with Crippen LogP contribution >= 0.6 is 11.6 Å². The maximum Gasteiger partial charge on any atom is 0.402 e. The highest BCUT2D eigenvalue weighted by atomic mass is 35.5. The molecule has 0 aromatic heterocycles. The lowest BCUT2D eigenvalue weighted by Crippen LogP contribution is -2.38. The molecular weight excluding hydrogens is 291 g/mol. The van der Waals surface area contributed by atoms with Gasteiger partial charge in [0.05, 0.1) is 0 Å². The molecule has 0 amide bonds. The third-order valence-electron chi connectivity index (χ3n) is 2.09. The van der Waals surface area contributed by atoms with Crippen molar-refractivity contribution in [1.29, 1.82) is 0 Å².